The highest BCUT2D eigenvalue weighted by Crippen LogP contribution is 2.26. The minimum absolute atomic E-state index is 0.352. The first-order valence-corrected chi connectivity index (χ1v) is 6.30. The number of hydrogen-bond donors (Lipinski definition) is 1. The average molecular weight is 233 g/mol. The van der Waals surface area contributed by atoms with Crippen molar-refractivity contribution in [3.8, 4) is 0 Å². The monoisotopic (exact) mass is 233 g/mol. The van der Waals surface area contributed by atoms with Gasteiger partial charge in [0.05, 0.1) is 5.52 Å². The number of anilines is 1. The second kappa shape index (κ2) is 4.70. The lowest BCUT2D eigenvalue weighted by Gasteiger charge is -2.07. The Balaban J connectivity index is 2.42. The molecule has 0 saturated heterocycles. The quantitative estimate of drug-likeness (QED) is 0.654. The highest BCUT2D eigenvalue weighted by Gasteiger charge is 2.06. The zero-order chi connectivity index (χ0) is 11.5. The standard InChI is InChI=1S/C12H15N3S/c1-8(2)7-16-11-9-5-3-4-6-10(9)14-12(13)15-11/h3-6,8H,7H2,1-2H3,(H2,13,14,15). The molecule has 0 bridgehead atoms. The number of benzene rings is 1. The maximum atomic E-state index is 5.70. The van der Waals surface area contributed by atoms with Gasteiger partial charge in [-0.15, -0.1) is 11.8 Å². The van der Waals surface area contributed by atoms with Crippen molar-refractivity contribution >= 4 is 28.6 Å². The Hall–Kier alpha value is -1.29. The number of aromatic nitrogens is 2. The predicted molar refractivity (Wildman–Crippen MR) is 69.5 cm³/mol. The average Bonchev–Trinajstić information content (AvgIpc) is 2.25. The maximum absolute atomic E-state index is 5.70. The molecule has 0 aliphatic rings. The van der Waals surface area contributed by atoms with Gasteiger partial charge in [0.25, 0.3) is 0 Å². The van der Waals surface area contributed by atoms with Crippen molar-refractivity contribution in [2.45, 2.75) is 18.9 Å². The first kappa shape index (κ1) is 11.2. The summed E-state index contributed by atoms with van der Waals surface area (Å²) in [5, 5.41) is 2.07. The highest BCUT2D eigenvalue weighted by molar-refractivity contribution is 7.99. The lowest BCUT2D eigenvalue weighted by molar-refractivity contribution is 0.749. The minimum Gasteiger partial charge on any atom is -0.368 e. The number of hydrogen-bond acceptors (Lipinski definition) is 4. The third kappa shape index (κ3) is 2.44. The van der Waals surface area contributed by atoms with Gasteiger partial charge in [0.15, 0.2) is 0 Å². The van der Waals surface area contributed by atoms with Crippen LogP contribution in [-0.4, -0.2) is 15.7 Å². The normalized spacial score (nSPS) is 11.2. The largest absolute Gasteiger partial charge is 0.368 e. The molecule has 0 atom stereocenters. The smallest absolute Gasteiger partial charge is 0.221 e. The van der Waals surface area contributed by atoms with Crippen LogP contribution >= 0.6 is 11.8 Å². The van der Waals surface area contributed by atoms with Crippen LogP contribution in [0.25, 0.3) is 10.9 Å². The number of para-hydroxylation sites is 1. The van der Waals surface area contributed by atoms with Gasteiger partial charge in [-0.2, -0.15) is 0 Å². The van der Waals surface area contributed by atoms with Crippen molar-refractivity contribution in [3.63, 3.8) is 0 Å². The molecule has 1 aromatic heterocycles. The van der Waals surface area contributed by atoms with Crippen LogP contribution in [0.2, 0.25) is 0 Å². The van der Waals surface area contributed by atoms with Crippen molar-refractivity contribution in [2.75, 3.05) is 11.5 Å². The number of thioether (sulfide) groups is 1. The second-order valence-corrected chi connectivity index (χ2v) is 5.12. The predicted octanol–water partition coefficient (Wildman–Crippen LogP) is 2.96. The molecule has 2 rings (SSSR count). The molecule has 0 radical (unpaired) electrons. The van der Waals surface area contributed by atoms with Crippen LogP contribution in [0.4, 0.5) is 5.95 Å². The summed E-state index contributed by atoms with van der Waals surface area (Å²) < 4.78 is 0. The molecule has 3 nitrogen and oxygen atoms in total. The van der Waals surface area contributed by atoms with E-state index in [0.717, 1.165) is 21.7 Å². The summed E-state index contributed by atoms with van der Waals surface area (Å²) in [6, 6.07) is 7.97. The first-order chi connectivity index (χ1) is 7.66. The molecule has 2 N–H and O–H groups in total. The van der Waals surface area contributed by atoms with Crippen molar-refractivity contribution in [1.29, 1.82) is 0 Å². The van der Waals surface area contributed by atoms with Gasteiger partial charge in [-0.05, 0) is 12.0 Å². The van der Waals surface area contributed by atoms with Gasteiger partial charge in [-0.25, -0.2) is 9.97 Å². The number of nitrogen functional groups attached to an aromatic ring is 1. The van der Waals surface area contributed by atoms with Crippen LogP contribution in [-0.2, 0) is 0 Å². The van der Waals surface area contributed by atoms with Gasteiger partial charge in [-0.1, -0.05) is 32.0 Å². The topological polar surface area (TPSA) is 51.8 Å². The van der Waals surface area contributed by atoms with E-state index >= 15 is 0 Å². The molecule has 84 valence electrons. The number of rotatable bonds is 3. The van der Waals surface area contributed by atoms with Gasteiger partial charge in [0.1, 0.15) is 5.03 Å². The summed E-state index contributed by atoms with van der Waals surface area (Å²) >= 11 is 1.74. The lowest BCUT2D eigenvalue weighted by atomic mass is 10.2. The summed E-state index contributed by atoms with van der Waals surface area (Å²) in [6.45, 7) is 4.39. The Kier molecular flexibility index (Phi) is 3.29. The van der Waals surface area contributed by atoms with Crippen LogP contribution in [0.3, 0.4) is 0 Å². The Labute approximate surface area is 99.5 Å². The Bertz CT molecular complexity index is 497. The zero-order valence-electron chi connectivity index (χ0n) is 9.47. The van der Waals surface area contributed by atoms with Gasteiger partial charge < -0.3 is 5.73 Å². The van der Waals surface area contributed by atoms with Crippen LogP contribution < -0.4 is 5.73 Å². The molecule has 16 heavy (non-hydrogen) atoms. The van der Waals surface area contributed by atoms with Crippen molar-refractivity contribution < 1.29 is 0 Å². The molecule has 4 heteroatoms. The van der Waals surface area contributed by atoms with E-state index in [1.165, 1.54) is 0 Å². The van der Waals surface area contributed by atoms with Crippen LogP contribution in [0.5, 0.6) is 0 Å². The number of nitrogens with zero attached hydrogens (tertiary/aromatic N) is 2. The fourth-order valence-corrected chi connectivity index (χ4v) is 2.40. The van der Waals surface area contributed by atoms with Crippen LogP contribution in [0.1, 0.15) is 13.8 Å². The van der Waals surface area contributed by atoms with E-state index in [4.69, 9.17) is 5.73 Å². The van der Waals surface area contributed by atoms with E-state index in [-0.39, 0.29) is 0 Å². The van der Waals surface area contributed by atoms with E-state index in [0.29, 0.717) is 11.9 Å². The highest BCUT2D eigenvalue weighted by atomic mass is 32.2. The summed E-state index contributed by atoms with van der Waals surface area (Å²) in [6.07, 6.45) is 0. The molecule has 0 saturated carbocycles. The van der Waals surface area contributed by atoms with Crippen LogP contribution in [0, 0.1) is 5.92 Å². The third-order valence-electron chi connectivity index (χ3n) is 2.14. The molecule has 0 spiro atoms. The van der Waals surface area contributed by atoms with E-state index in [1.54, 1.807) is 11.8 Å². The van der Waals surface area contributed by atoms with E-state index in [1.807, 2.05) is 24.3 Å². The molecule has 0 amide bonds. The van der Waals surface area contributed by atoms with E-state index < -0.39 is 0 Å². The van der Waals surface area contributed by atoms with E-state index in [2.05, 4.69) is 23.8 Å². The fourth-order valence-electron chi connectivity index (χ4n) is 1.42. The summed E-state index contributed by atoms with van der Waals surface area (Å²) in [5.41, 5.74) is 6.61. The van der Waals surface area contributed by atoms with Gasteiger partial charge in [-0.3, -0.25) is 0 Å². The van der Waals surface area contributed by atoms with Crippen molar-refractivity contribution in [3.05, 3.63) is 24.3 Å². The molecular weight excluding hydrogens is 218 g/mol. The van der Waals surface area contributed by atoms with Gasteiger partial charge in [0.2, 0.25) is 5.95 Å². The SMILES string of the molecule is CC(C)CSc1nc(N)nc2ccccc12. The van der Waals surface area contributed by atoms with E-state index in [9.17, 15) is 0 Å². The van der Waals surface area contributed by atoms with Gasteiger partial charge in [0, 0.05) is 11.1 Å². The summed E-state index contributed by atoms with van der Waals surface area (Å²) in [5.74, 6) is 2.03. The molecule has 0 aliphatic carbocycles. The molecular formula is C12H15N3S. The molecule has 0 unspecified atom stereocenters. The first-order valence-electron chi connectivity index (χ1n) is 5.32. The molecule has 0 fully saturated rings. The molecule has 1 aromatic carbocycles. The molecule has 0 aliphatic heterocycles. The second-order valence-electron chi connectivity index (χ2n) is 4.11. The fraction of sp³-hybridized carbons (Fsp3) is 0.333. The Morgan fingerprint density at radius 1 is 1.25 bits per heavy atom. The minimum atomic E-state index is 0.352. The summed E-state index contributed by atoms with van der Waals surface area (Å²) in [7, 11) is 0. The number of fused-ring (bicyclic) bond motifs is 1. The molecule has 2 aromatic rings. The Morgan fingerprint density at radius 3 is 2.75 bits per heavy atom. The van der Waals surface area contributed by atoms with Crippen LogP contribution in [0.15, 0.2) is 29.3 Å². The number of nitrogens with two attached hydrogens (primary N) is 1. The van der Waals surface area contributed by atoms with Crippen molar-refractivity contribution in [2.24, 2.45) is 5.92 Å². The zero-order valence-corrected chi connectivity index (χ0v) is 10.3. The van der Waals surface area contributed by atoms with Crippen molar-refractivity contribution in [1.82, 2.24) is 9.97 Å². The lowest BCUT2D eigenvalue weighted by Crippen LogP contribution is -1.99. The summed E-state index contributed by atoms with van der Waals surface area (Å²) in [4.78, 5) is 8.52. The maximum Gasteiger partial charge on any atom is 0.221 e. The Morgan fingerprint density at radius 2 is 2.00 bits per heavy atom. The van der Waals surface area contributed by atoms with Gasteiger partial charge >= 0.3 is 0 Å². The molecule has 1 heterocycles. The third-order valence-corrected chi connectivity index (χ3v) is 3.56.